The van der Waals surface area contributed by atoms with Gasteiger partial charge in [0.25, 0.3) is 0 Å². The van der Waals surface area contributed by atoms with Crippen LogP contribution < -0.4 is 0 Å². The van der Waals surface area contributed by atoms with Crippen LogP contribution in [0.4, 0.5) is 0 Å². The van der Waals surface area contributed by atoms with Gasteiger partial charge in [0, 0.05) is 5.56 Å². The number of carbonyl (C=O) groups excluding carboxylic acids is 1. The molecule has 0 saturated carbocycles. The van der Waals surface area contributed by atoms with Gasteiger partial charge < -0.3 is 9.84 Å². The Balaban J connectivity index is 3.29. The van der Waals surface area contributed by atoms with Crippen LogP contribution in [0, 0.1) is 6.92 Å². The number of phenolic OH excluding ortho intramolecular Hbond substituents is 1. The van der Waals surface area contributed by atoms with Crippen molar-refractivity contribution in [3.05, 3.63) is 28.8 Å². The molecular formula is C10H11ClO3. The van der Waals surface area contributed by atoms with Crippen molar-refractivity contribution in [2.45, 2.75) is 12.8 Å². The van der Waals surface area contributed by atoms with E-state index < -0.39 is 5.97 Å². The predicted molar refractivity (Wildman–Crippen MR) is 53.7 cm³/mol. The topological polar surface area (TPSA) is 46.5 Å². The number of hydrogen-bond donors (Lipinski definition) is 1. The fraction of sp³-hybridized carbons (Fsp3) is 0.300. The summed E-state index contributed by atoms with van der Waals surface area (Å²) in [5.41, 5.74) is 1.55. The summed E-state index contributed by atoms with van der Waals surface area (Å²) in [6.07, 6.45) is 0. The largest absolute Gasteiger partial charge is 0.507 e. The van der Waals surface area contributed by atoms with E-state index in [4.69, 9.17) is 11.6 Å². The van der Waals surface area contributed by atoms with E-state index in [1.54, 1.807) is 12.1 Å². The number of halogens is 1. The third-order valence-corrected chi connectivity index (χ3v) is 2.17. The number of methoxy groups -OCH3 is 1. The van der Waals surface area contributed by atoms with Gasteiger partial charge in [-0.25, -0.2) is 4.79 Å². The number of esters is 1. The number of carbonyl (C=O) groups is 1. The molecule has 1 rings (SSSR count). The highest BCUT2D eigenvalue weighted by molar-refractivity contribution is 6.17. The zero-order valence-corrected chi connectivity index (χ0v) is 8.76. The lowest BCUT2D eigenvalue weighted by Crippen LogP contribution is -2.03. The van der Waals surface area contributed by atoms with E-state index in [1.165, 1.54) is 7.11 Å². The third-order valence-electron chi connectivity index (χ3n) is 1.88. The van der Waals surface area contributed by atoms with Gasteiger partial charge in [-0.05, 0) is 18.6 Å². The molecule has 0 bridgehead atoms. The molecule has 76 valence electrons. The second kappa shape index (κ2) is 4.33. The second-order valence-corrected chi connectivity index (χ2v) is 3.21. The number of rotatable bonds is 2. The average Bonchev–Trinajstić information content (AvgIpc) is 2.19. The minimum atomic E-state index is -0.558. The van der Waals surface area contributed by atoms with Gasteiger partial charge in [0.2, 0.25) is 0 Å². The van der Waals surface area contributed by atoms with Gasteiger partial charge in [-0.3, -0.25) is 0 Å². The molecule has 1 aromatic rings. The molecule has 3 nitrogen and oxygen atoms in total. The molecule has 0 atom stereocenters. The Morgan fingerprint density at radius 1 is 1.57 bits per heavy atom. The number of ether oxygens (including phenoxy) is 1. The molecule has 4 heteroatoms. The normalized spacial score (nSPS) is 9.93. The van der Waals surface area contributed by atoms with E-state index in [9.17, 15) is 9.90 Å². The second-order valence-electron chi connectivity index (χ2n) is 2.95. The minimum Gasteiger partial charge on any atom is -0.507 e. The monoisotopic (exact) mass is 214 g/mol. The fourth-order valence-electron chi connectivity index (χ4n) is 1.22. The van der Waals surface area contributed by atoms with Crippen LogP contribution in [0.25, 0.3) is 0 Å². The van der Waals surface area contributed by atoms with Crippen LogP contribution in [-0.2, 0) is 10.6 Å². The SMILES string of the molecule is COC(=O)c1cc(C)cc(CCl)c1O. The van der Waals surface area contributed by atoms with Gasteiger partial charge in [-0.2, -0.15) is 0 Å². The molecule has 0 unspecified atom stereocenters. The van der Waals surface area contributed by atoms with Crippen LogP contribution in [0.3, 0.4) is 0 Å². The van der Waals surface area contributed by atoms with Crippen molar-refractivity contribution in [2.24, 2.45) is 0 Å². The number of alkyl halides is 1. The van der Waals surface area contributed by atoms with Crippen LogP contribution in [0.5, 0.6) is 5.75 Å². The van der Waals surface area contributed by atoms with Crippen molar-refractivity contribution in [2.75, 3.05) is 7.11 Å². The van der Waals surface area contributed by atoms with Crippen LogP contribution >= 0.6 is 11.6 Å². The lowest BCUT2D eigenvalue weighted by Gasteiger charge is -2.07. The molecule has 0 fully saturated rings. The zero-order chi connectivity index (χ0) is 10.7. The lowest BCUT2D eigenvalue weighted by molar-refractivity contribution is 0.0597. The summed E-state index contributed by atoms with van der Waals surface area (Å²) in [4.78, 5) is 11.2. The van der Waals surface area contributed by atoms with Crippen molar-refractivity contribution >= 4 is 17.6 Å². The summed E-state index contributed by atoms with van der Waals surface area (Å²) in [6.45, 7) is 1.82. The molecule has 0 aliphatic rings. The number of hydrogen-bond acceptors (Lipinski definition) is 3. The molecule has 0 aromatic heterocycles. The van der Waals surface area contributed by atoms with Crippen molar-refractivity contribution in [1.82, 2.24) is 0 Å². The van der Waals surface area contributed by atoms with Gasteiger partial charge in [-0.15, -0.1) is 11.6 Å². The Kier molecular flexibility index (Phi) is 3.36. The number of aromatic hydroxyl groups is 1. The van der Waals surface area contributed by atoms with E-state index in [0.29, 0.717) is 5.56 Å². The fourth-order valence-corrected chi connectivity index (χ4v) is 1.43. The highest BCUT2D eigenvalue weighted by atomic mass is 35.5. The van der Waals surface area contributed by atoms with Gasteiger partial charge in [0.1, 0.15) is 11.3 Å². The maximum atomic E-state index is 11.2. The van der Waals surface area contributed by atoms with Crippen molar-refractivity contribution in [3.63, 3.8) is 0 Å². The summed E-state index contributed by atoms with van der Waals surface area (Å²) in [5, 5.41) is 9.63. The zero-order valence-electron chi connectivity index (χ0n) is 8.00. The van der Waals surface area contributed by atoms with Crippen LogP contribution in [0.2, 0.25) is 0 Å². The van der Waals surface area contributed by atoms with E-state index in [2.05, 4.69) is 4.74 Å². The Labute approximate surface area is 87.3 Å². The molecule has 1 N–H and O–H groups in total. The standard InChI is InChI=1S/C10H11ClO3/c1-6-3-7(5-11)9(12)8(4-6)10(13)14-2/h3-4,12H,5H2,1-2H3. The first-order chi connectivity index (χ1) is 6.60. The first kappa shape index (κ1) is 10.9. The Morgan fingerprint density at radius 3 is 2.71 bits per heavy atom. The highest BCUT2D eigenvalue weighted by Crippen LogP contribution is 2.26. The van der Waals surface area contributed by atoms with Gasteiger partial charge >= 0.3 is 5.97 Å². The molecule has 0 aliphatic heterocycles. The number of benzene rings is 1. The molecule has 1 aromatic carbocycles. The van der Waals surface area contributed by atoms with E-state index in [0.717, 1.165) is 5.56 Å². The predicted octanol–water partition coefficient (Wildman–Crippen LogP) is 2.23. The third kappa shape index (κ3) is 1.99. The molecule has 14 heavy (non-hydrogen) atoms. The van der Waals surface area contributed by atoms with Gasteiger partial charge in [0.15, 0.2) is 0 Å². The summed E-state index contributed by atoms with van der Waals surface area (Å²) < 4.78 is 4.53. The van der Waals surface area contributed by atoms with Gasteiger partial charge in [0.05, 0.1) is 13.0 Å². The Bertz CT molecular complexity index is 361. The first-order valence-electron chi connectivity index (χ1n) is 4.07. The Hall–Kier alpha value is -1.22. The molecule has 0 heterocycles. The smallest absolute Gasteiger partial charge is 0.341 e. The summed E-state index contributed by atoms with van der Waals surface area (Å²) in [7, 11) is 1.27. The van der Waals surface area contributed by atoms with Gasteiger partial charge in [-0.1, -0.05) is 6.07 Å². The summed E-state index contributed by atoms with van der Waals surface area (Å²) in [5.74, 6) is -0.493. The van der Waals surface area contributed by atoms with Crippen molar-refractivity contribution < 1.29 is 14.6 Å². The van der Waals surface area contributed by atoms with E-state index in [-0.39, 0.29) is 17.2 Å². The highest BCUT2D eigenvalue weighted by Gasteiger charge is 2.15. The lowest BCUT2D eigenvalue weighted by atomic mass is 10.1. The Morgan fingerprint density at radius 2 is 2.21 bits per heavy atom. The maximum Gasteiger partial charge on any atom is 0.341 e. The van der Waals surface area contributed by atoms with Crippen molar-refractivity contribution in [3.8, 4) is 5.75 Å². The first-order valence-corrected chi connectivity index (χ1v) is 4.60. The van der Waals surface area contributed by atoms with E-state index >= 15 is 0 Å². The van der Waals surface area contributed by atoms with E-state index in [1.807, 2.05) is 6.92 Å². The molecule has 0 saturated heterocycles. The molecule has 0 aliphatic carbocycles. The molecule has 0 radical (unpaired) electrons. The molecule has 0 spiro atoms. The van der Waals surface area contributed by atoms with Crippen molar-refractivity contribution in [1.29, 1.82) is 0 Å². The quantitative estimate of drug-likeness (QED) is 0.607. The average molecular weight is 215 g/mol. The summed E-state index contributed by atoms with van der Waals surface area (Å²) in [6, 6.07) is 3.30. The van der Waals surface area contributed by atoms with Crippen LogP contribution in [0.15, 0.2) is 12.1 Å². The minimum absolute atomic E-state index is 0.0996. The van der Waals surface area contributed by atoms with Crippen LogP contribution in [-0.4, -0.2) is 18.2 Å². The summed E-state index contributed by atoms with van der Waals surface area (Å²) >= 11 is 5.61. The molecule has 0 amide bonds. The molecular weight excluding hydrogens is 204 g/mol. The maximum absolute atomic E-state index is 11.2. The van der Waals surface area contributed by atoms with Crippen LogP contribution in [0.1, 0.15) is 21.5 Å². The number of phenols is 1. The number of aryl methyl sites for hydroxylation is 1.